The molecule has 0 bridgehead atoms. The highest BCUT2D eigenvalue weighted by Crippen LogP contribution is 2.38. The molecule has 0 heterocycles. The molecule has 1 rings (SSSR count). The summed E-state index contributed by atoms with van der Waals surface area (Å²) in [4.78, 5) is 24.2. The fourth-order valence-electron chi connectivity index (χ4n) is 2.57. The smallest absolute Gasteiger partial charge is 0.329 e. The zero-order chi connectivity index (χ0) is 11.6. The van der Waals surface area contributed by atoms with E-state index in [1.165, 1.54) is 11.8 Å². The summed E-state index contributed by atoms with van der Waals surface area (Å²) in [6.45, 7) is 3.35. The van der Waals surface area contributed by atoms with E-state index in [1.807, 2.05) is 6.92 Å². The molecule has 0 aliphatic heterocycles. The highest BCUT2D eigenvalue weighted by Gasteiger charge is 2.49. The summed E-state index contributed by atoms with van der Waals surface area (Å²) >= 11 is 0. The molecular weight excluding hydrogens is 194 g/mol. The minimum atomic E-state index is -0.982. The van der Waals surface area contributed by atoms with Crippen LogP contribution >= 0.6 is 0 Å². The van der Waals surface area contributed by atoms with Gasteiger partial charge in [-0.05, 0) is 18.8 Å². The molecule has 0 radical (unpaired) electrons. The number of hydrogen-bond acceptors (Lipinski definition) is 2. The predicted molar refractivity (Wildman–Crippen MR) is 56.4 cm³/mol. The molecule has 0 aromatic rings. The number of amides is 1. The monoisotopic (exact) mass is 213 g/mol. The molecule has 0 spiro atoms. The van der Waals surface area contributed by atoms with Crippen molar-refractivity contribution in [3.05, 3.63) is 0 Å². The van der Waals surface area contributed by atoms with Crippen LogP contribution in [-0.2, 0) is 9.59 Å². The number of rotatable bonds is 2. The van der Waals surface area contributed by atoms with Crippen LogP contribution in [0.1, 0.15) is 39.5 Å². The van der Waals surface area contributed by atoms with Gasteiger partial charge in [-0.3, -0.25) is 4.79 Å². The molecule has 4 nitrogen and oxygen atoms in total. The molecule has 1 saturated carbocycles. The average Bonchev–Trinajstić information content (AvgIpc) is 2.17. The molecule has 0 saturated heterocycles. The highest BCUT2D eigenvalue weighted by atomic mass is 16.4. The summed E-state index contributed by atoms with van der Waals surface area (Å²) in [5, 5.41) is 9.38. The van der Waals surface area contributed by atoms with Gasteiger partial charge in [0.15, 0.2) is 0 Å². The Morgan fingerprint density at radius 3 is 2.40 bits per heavy atom. The summed E-state index contributed by atoms with van der Waals surface area (Å²) in [6, 6.07) is 0. The molecule has 86 valence electrons. The third-order valence-corrected chi connectivity index (χ3v) is 3.70. The Labute approximate surface area is 90.3 Å². The molecule has 15 heavy (non-hydrogen) atoms. The van der Waals surface area contributed by atoms with Crippen molar-refractivity contribution < 1.29 is 14.7 Å². The van der Waals surface area contributed by atoms with Crippen molar-refractivity contribution in [3.8, 4) is 0 Å². The van der Waals surface area contributed by atoms with Crippen molar-refractivity contribution in [1.29, 1.82) is 0 Å². The van der Waals surface area contributed by atoms with Crippen molar-refractivity contribution >= 4 is 11.9 Å². The predicted octanol–water partition coefficient (Wildman–Crippen LogP) is 1.50. The first kappa shape index (κ1) is 12.0. The number of carboxylic acids is 1. The lowest BCUT2D eigenvalue weighted by atomic mass is 9.72. The van der Waals surface area contributed by atoms with E-state index in [-0.39, 0.29) is 11.8 Å². The zero-order valence-corrected chi connectivity index (χ0v) is 9.62. The lowest BCUT2D eigenvalue weighted by Crippen LogP contribution is -2.60. The van der Waals surface area contributed by atoms with E-state index in [2.05, 4.69) is 0 Å². The van der Waals surface area contributed by atoms with Gasteiger partial charge in [0.2, 0.25) is 5.91 Å². The van der Waals surface area contributed by atoms with Crippen molar-refractivity contribution in [2.75, 3.05) is 7.05 Å². The number of aliphatic carboxylic acids is 1. The van der Waals surface area contributed by atoms with Crippen LogP contribution in [-0.4, -0.2) is 34.5 Å². The van der Waals surface area contributed by atoms with Crippen LogP contribution in [0, 0.1) is 5.92 Å². The van der Waals surface area contributed by atoms with Gasteiger partial charge in [-0.15, -0.1) is 0 Å². The van der Waals surface area contributed by atoms with Gasteiger partial charge in [-0.25, -0.2) is 4.79 Å². The second kappa shape index (κ2) is 4.21. The van der Waals surface area contributed by atoms with Crippen LogP contribution in [0.3, 0.4) is 0 Å². The average molecular weight is 213 g/mol. The lowest BCUT2D eigenvalue weighted by Gasteiger charge is -2.45. The van der Waals surface area contributed by atoms with Crippen LogP contribution in [0.15, 0.2) is 0 Å². The normalized spacial score (nSPS) is 31.0. The molecule has 1 fully saturated rings. The maximum absolute atomic E-state index is 11.4. The standard InChI is InChI=1S/C11H19NO3/c1-8-6-4-5-7-11(8,10(14)15)12(3)9(2)13/h8H,4-7H2,1-3H3,(H,14,15). The third-order valence-electron chi connectivity index (χ3n) is 3.70. The van der Waals surface area contributed by atoms with Crippen molar-refractivity contribution in [1.82, 2.24) is 4.90 Å². The largest absolute Gasteiger partial charge is 0.479 e. The maximum Gasteiger partial charge on any atom is 0.329 e. The van der Waals surface area contributed by atoms with Gasteiger partial charge < -0.3 is 10.0 Å². The summed E-state index contributed by atoms with van der Waals surface area (Å²) in [6.07, 6.45) is 3.39. The van der Waals surface area contributed by atoms with Crippen LogP contribution < -0.4 is 0 Å². The SMILES string of the molecule is CC(=O)N(C)C1(C(=O)O)CCCCC1C. The van der Waals surface area contributed by atoms with E-state index in [0.717, 1.165) is 19.3 Å². The van der Waals surface area contributed by atoms with E-state index >= 15 is 0 Å². The van der Waals surface area contributed by atoms with Crippen molar-refractivity contribution in [3.63, 3.8) is 0 Å². The first-order chi connectivity index (χ1) is 6.93. The first-order valence-corrected chi connectivity index (χ1v) is 5.40. The number of carbonyl (C=O) groups excluding carboxylic acids is 1. The minimum absolute atomic E-state index is 0.0256. The minimum Gasteiger partial charge on any atom is -0.479 e. The fraction of sp³-hybridized carbons (Fsp3) is 0.818. The molecule has 2 unspecified atom stereocenters. The molecule has 1 aliphatic rings. The Morgan fingerprint density at radius 2 is 2.00 bits per heavy atom. The van der Waals surface area contributed by atoms with Crippen LogP contribution in [0.25, 0.3) is 0 Å². The van der Waals surface area contributed by atoms with Crippen LogP contribution in [0.4, 0.5) is 0 Å². The lowest BCUT2D eigenvalue weighted by molar-refractivity contribution is -0.163. The van der Waals surface area contributed by atoms with Gasteiger partial charge >= 0.3 is 5.97 Å². The number of carbonyl (C=O) groups is 2. The van der Waals surface area contributed by atoms with Gasteiger partial charge in [-0.2, -0.15) is 0 Å². The number of hydrogen-bond donors (Lipinski definition) is 1. The second-order valence-electron chi connectivity index (χ2n) is 4.45. The van der Waals surface area contributed by atoms with E-state index in [1.54, 1.807) is 7.05 Å². The summed E-state index contributed by atoms with van der Waals surface area (Å²) in [5.74, 6) is -1.02. The Hall–Kier alpha value is -1.06. The molecule has 1 aliphatic carbocycles. The van der Waals surface area contributed by atoms with E-state index < -0.39 is 11.5 Å². The van der Waals surface area contributed by atoms with E-state index in [9.17, 15) is 14.7 Å². The van der Waals surface area contributed by atoms with Gasteiger partial charge in [0.1, 0.15) is 5.54 Å². The Balaban J connectivity index is 3.06. The molecule has 1 N–H and O–H groups in total. The van der Waals surface area contributed by atoms with Gasteiger partial charge in [-0.1, -0.05) is 19.8 Å². The molecule has 1 amide bonds. The van der Waals surface area contributed by atoms with Gasteiger partial charge in [0, 0.05) is 14.0 Å². The molecule has 0 aromatic heterocycles. The Morgan fingerprint density at radius 1 is 1.40 bits per heavy atom. The number of carboxylic acid groups (broad SMARTS) is 1. The quantitative estimate of drug-likeness (QED) is 0.756. The third kappa shape index (κ3) is 1.85. The van der Waals surface area contributed by atoms with Crippen molar-refractivity contribution in [2.24, 2.45) is 5.92 Å². The molecule has 4 heteroatoms. The topological polar surface area (TPSA) is 57.6 Å². The first-order valence-electron chi connectivity index (χ1n) is 5.40. The second-order valence-corrected chi connectivity index (χ2v) is 4.45. The van der Waals surface area contributed by atoms with Crippen LogP contribution in [0.2, 0.25) is 0 Å². The Bertz CT molecular complexity index is 277. The summed E-state index contributed by atoms with van der Waals surface area (Å²) < 4.78 is 0. The maximum atomic E-state index is 11.4. The van der Waals surface area contributed by atoms with Gasteiger partial charge in [0.05, 0.1) is 0 Å². The van der Waals surface area contributed by atoms with Crippen LogP contribution in [0.5, 0.6) is 0 Å². The zero-order valence-electron chi connectivity index (χ0n) is 9.62. The van der Waals surface area contributed by atoms with Crippen molar-refractivity contribution in [2.45, 2.75) is 45.1 Å². The molecule has 0 aromatic carbocycles. The van der Waals surface area contributed by atoms with Gasteiger partial charge in [0.25, 0.3) is 0 Å². The summed E-state index contributed by atoms with van der Waals surface area (Å²) in [5.41, 5.74) is -0.982. The number of likely N-dealkylation sites (N-methyl/N-ethyl adjacent to an activating group) is 1. The molecule has 2 atom stereocenters. The Kier molecular flexibility index (Phi) is 3.37. The number of nitrogens with zero attached hydrogens (tertiary/aromatic N) is 1. The summed E-state index contributed by atoms with van der Waals surface area (Å²) in [7, 11) is 1.60. The highest BCUT2D eigenvalue weighted by molar-refractivity contribution is 5.86. The molecular formula is C11H19NO3. The van der Waals surface area contributed by atoms with E-state index in [0.29, 0.717) is 6.42 Å². The fourth-order valence-corrected chi connectivity index (χ4v) is 2.57. The van der Waals surface area contributed by atoms with E-state index in [4.69, 9.17) is 0 Å².